The number of hydrogen-bond acceptors (Lipinski definition) is 8. The summed E-state index contributed by atoms with van der Waals surface area (Å²) in [6.45, 7) is 2.10. The predicted molar refractivity (Wildman–Crippen MR) is 125 cm³/mol. The van der Waals surface area contributed by atoms with E-state index >= 15 is 0 Å². The maximum absolute atomic E-state index is 13.0. The van der Waals surface area contributed by atoms with Gasteiger partial charge in [-0.05, 0) is 54.1 Å². The van der Waals surface area contributed by atoms with E-state index in [9.17, 15) is 21.6 Å². The van der Waals surface area contributed by atoms with Crippen molar-refractivity contribution >= 4 is 30.8 Å². The van der Waals surface area contributed by atoms with E-state index in [0.29, 0.717) is 16.3 Å². The molecule has 0 saturated carbocycles. The van der Waals surface area contributed by atoms with Crippen LogP contribution in [0.3, 0.4) is 0 Å². The highest BCUT2D eigenvalue weighted by Crippen LogP contribution is 2.24. The molecule has 33 heavy (non-hydrogen) atoms. The van der Waals surface area contributed by atoms with Crippen molar-refractivity contribution < 1.29 is 21.6 Å². The first-order chi connectivity index (χ1) is 15.7. The topological polar surface area (TPSA) is 125 Å². The Morgan fingerprint density at radius 3 is 2.18 bits per heavy atom. The zero-order valence-electron chi connectivity index (χ0n) is 18.6. The van der Waals surface area contributed by atoms with Gasteiger partial charge in [-0.3, -0.25) is 4.79 Å². The highest BCUT2D eigenvalue weighted by Gasteiger charge is 2.22. The number of benzene rings is 2. The molecule has 3 rings (SSSR count). The summed E-state index contributed by atoms with van der Waals surface area (Å²) in [6, 6.07) is 9.61. The molecule has 0 bridgehead atoms. The van der Waals surface area contributed by atoms with Gasteiger partial charge in [-0.25, -0.2) is 16.8 Å². The molecule has 0 aliphatic rings. The van der Waals surface area contributed by atoms with E-state index in [2.05, 4.69) is 17.2 Å². The van der Waals surface area contributed by atoms with Crippen molar-refractivity contribution in [2.75, 3.05) is 12.9 Å². The summed E-state index contributed by atoms with van der Waals surface area (Å²) in [6.07, 6.45) is 5.30. The van der Waals surface area contributed by atoms with Crippen molar-refractivity contribution in [1.82, 2.24) is 14.4 Å². The Kier molecular flexibility index (Phi) is 7.85. The molecule has 9 nitrogen and oxygen atoms in total. The van der Waals surface area contributed by atoms with Gasteiger partial charge in [-0.1, -0.05) is 43.1 Å². The second kappa shape index (κ2) is 10.4. The molecule has 11 heteroatoms. The Bertz CT molecular complexity index is 1380. The number of ether oxygens (including phenoxy) is 1. The molecule has 0 fully saturated rings. The van der Waals surface area contributed by atoms with Crippen LogP contribution in [0.25, 0.3) is 10.9 Å². The molecule has 3 aromatic rings. The molecule has 0 saturated heterocycles. The molecule has 1 heterocycles. The molecule has 0 radical (unpaired) electrons. The molecule has 0 aliphatic carbocycles. The second-order valence-corrected chi connectivity index (χ2v) is 11.5. The molecule has 0 unspecified atom stereocenters. The third-order valence-corrected chi connectivity index (χ3v) is 8.64. The first-order valence-electron chi connectivity index (χ1n) is 10.7. The lowest BCUT2D eigenvalue weighted by atomic mass is 10.1. The number of unbranched alkanes of at least 4 members (excludes halogenated alkanes) is 5. The van der Waals surface area contributed by atoms with Crippen molar-refractivity contribution in [2.24, 2.45) is 0 Å². The first-order valence-corrected chi connectivity index (χ1v) is 13.8. The molecule has 178 valence electrons. The van der Waals surface area contributed by atoms with Crippen LogP contribution in [0.5, 0.6) is 5.75 Å². The van der Waals surface area contributed by atoms with Crippen LogP contribution >= 0.6 is 0 Å². The summed E-state index contributed by atoms with van der Waals surface area (Å²) in [5.74, 6) is 0.268. The van der Waals surface area contributed by atoms with Gasteiger partial charge in [0.05, 0.1) is 28.0 Å². The standard InChI is InChI=1S/C22H27N3O6S2/c1-3-4-5-6-7-8-15-32(27,28)25-22(26)20-16-19(13-14-21(20)23-24-25)33(29,30)18-11-9-17(31-2)10-12-18/h9-14,16H,3-8,15H2,1-2H3. The van der Waals surface area contributed by atoms with Crippen LogP contribution in [-0.2, 0) is 19.9 Å². The van der Waals surface area contributed by atoms with Crippen LogP contribution < -0.4 is 10.3 Å². The second-order valence-electron chi connectivity index (χ2n) is 7.68. The van der Waals surface area contributed by atoms with Gasteiger partial charge in [0.1, 0.15) is 11.3 Å². The summed E-state index contributed by atoms with van der Waals surface area (Å²) in [7, 11) is -6.49. The molecule has 0 amide bonds. The minimum absolute atomic E-state index is 0.0145. The fourth-order valence-corrected chi connectivity index (χ4v) is 5.92. The van der Waals surface area contributed by atoms with E-state index in [1.54, 1.807) is 0 Å². The van der Waals surface area contributed by atoms with E-state index in [1.165, 1.54) is 43.5 Å². The summed E-state index contributed by atoms with van der Waals surface area (Å²) in [5.41, 5.74) is -0.808. The number of hydrogen-bond donors (Lipinski definition) is 0. The van der Waals surface area contributed by atoms with Gasteiger partial charge in [0, 0.05) is 0 Å². The maximum Gasteiger partial charge on any atom is 0.292 e. The Labute approximate surface area is 193 Å². The van der Waals surface area contributed by atoms with Crippen LogP contribution in [0.1, 0.15) is 45.4 Å². The monoisotopic (exact) mass is 493 g/mol. The number of fused-ring (bicyclic) bond motifs is 1. The minimum atomic E-state index is -4.02. The van der Waals surface area contributed by atoms with Gasteiger partial charge in [-0.15, -0.1) is 5.10 Å². The Morgan fingerprint density at radius 2 is 1.52 bits per heavy atom. The largest absolute Gasteiger partial charge is 0.497 e. The lowest BCUT2D eigenvalue weighted by Crippen LogP contribution is -2.32. The molecule has 2 aromatic carbocycles. The third-order valence-electron chi connectivity index (χ3n) is 5.31. The average molecular weight is 494 g/mol. The normalized spacial score (nSPS) is 12.2. The molecule has 0 aliphatic heterocycles. The maximum atomic E-state index is 13.0. The van der Waals surface area contributed by atoms with Crippen molar-refractivity contribution in [2.45, 2.75) is 55.2 Å². The summed E-state index contributed by atoms with van der Waals surface area (Å²) in [5, 5.41) is 7.26. The molecule has 0 spiro atoms. The number of nitrogens with zero attached hydrogens (tertiary/aromatic N) is 3. The van der Waals surface area contributed by atoms with Gasteiger partial charge < -0.3 is 4.74 Å². The van der Waals surface area contributed by atoms with E-state index in [1.807, 2.05) is 0 Å². The number of methoxy groups -OCH3 is 1. The van der Waals surface area contributed by atoms with Crippen LogP contribution in [0, 0.1) is 0 Å². The summed E-state index contributed by atoms with van der Waals surface area (Å²) < 4.78 is 56.8. The fraction of sp³-hybridized carbons (Fsp3) is 0.409. The first kappa shape index (κ1) is 24.8. The molecule has 1 aromatic heterocycles. The average Bonchev–Trinajstić information content (AvgIpc) is 2.81. The van der Waals surface area contributed by atoms with Gasteiger partial charge in [0.25, 0.3) is 15.6 Å². The fourth-order valence-electron chi connectivity index (χ4n) is 3.40. The number of sulfone groups is 1. The van der Waals surface area contributed by atoms with Crippen LogP contribution in [-0.4, -0.2) is 44.1 Å². The van der Waals surface area contributed by atoms with Crippen LogP contribution in [0.4, 0.5) is 0 Å². The lowest BCUT2D eigenvalue weighted by Gasteiger charge is -2.09. The van der Waals surface area contributed by atoms with Gasteiger partial charge >= 0.3 is 0 Å². The highest BCUT2D eigenvalue weighted by molar-refractivity contribution is 7.91. The van der Waals surface area contributed by atoms with Gasteiger partial charge in [0.15, 0.2) is 0 Å². The molecular formula is C22H27N3O6S2. The van der Waals surface area contributed by atoms with Crippen LogP contribution in [0.15, 0.2) is 57.1 Å². The van der Waals surface area contributed by atoms with Crippen molar-refractivity contribution in [3.63, 3.8) is 0 Å². The summed E-state index contributed by atoms with van der Waals surface area (Å²) in [4.78, 5) is 12.8. The van der Waals surface area contributed by atoms with Gasteiger partial charge in [-0.2, -0.15) is 0 Å². The quantitative estimate of drug-likeness (QED) is 0.373. The summed E-state index contributed by atoms with van der Waals surface area (Å²) >= 11 is 0. The Hall–Kier alpha value is -2.79. The van der Waals surface area contributed by atoms with Gasteiger partial charge in [0.2, 0.25) is 9.84 Å². The van der Waals surface area contributed by atoms with Crippen molar-refractivity contribution in [1.29, 1.82) is 0 Å². The number of aromatic nitrogens is 3. The SMILES string of the molecule is CCCCCCCCS(=O)(=O)n1nnc2ccc(S(=O)(=O)c3ccc(OC)cc3)cc2c1=O. The predicted octanol–water partition coefficient (Wildman–Crippen LogP) is 3.17. The van der Waals surface area contributed by atoms with E-state index < -0.39 is 25.4 Å². The smallest absolute Gasteiger partial charge is 0.292 e. The molecule has 0 N–H and O–H groups in total. The zero-order valence-corrected chi connectivity index (χ0v) is 20.2. The van der Waals surface area contributed by atoms with E-state index in [4.69, 9.17) is 4.74 Å². The Morgan fingerprint density at radius 1 is 0.879 bits per heavy atom. The van der Waals surface area contributed by atoms with Crippen molar-refractivity contribution in [3.05, 3.63) is 52.8 Å². The van der Waals surface area contributed by atoms with Crippen molar-refractivity contribution in [3.8, 4) is 5.75 Å². The van der Waals surface area contributed by atoms with E-state index in [-0.39, 0.29) is 26.4 Å². The van der Waals surface area contributed by atoms with E-state index in [0.717, 1.165) is 38.2 Å². The van der Waals surface area contributed by atoms with Crippen LogP contribution in [0.2, 0.25) is 0 Å². The lowest BCUT2D eigenvalue weighted by molar-refractivity contribution is 0.414. The zero-order chi connectivity index (χ0) is 24.1. The molecular weight excluding hydrogens is 466 g/mol. The molecule has 0 atom stereocenters. The minimum Gasteiger partial charge on any atom is -0.497 e. The Balaban J connectivity index is 1.91. The number of rotatable bonds is 11. The highest BCUT2D eigenvalue weighted by atomic mass is 32.2. The third kappa shape index (κ3) is 5.59.